The number of hydrogen-bond acceptors (Lipinski definition) is 3. The van der Waals surface area contributed by atoms with Crippen LogP contribution in [0.1, 0.15) is 226 Å². The Morgan fingerprint density at radius 1 is 0.478 bits per heavy atom. The van der Waals surface area contributed by atoms with Crippen molar-refractivity contribution in [2.45, 2.75) is 232 Å². The average molecular weight is 647 g/mol. The van der Waals surface area contributed by atoms with Gasteiger partial charge in [-0.2, -0.15) is 0 Å². The van der Waals surface area contributed by atoms with Gasteiger partial charge in [-0.1, -0.05) is 167 Å². The molecule has 0 saturated heterocycles. The third-order valence-corrected chi connectivity index (χ3v) is 9.18. The van der Waals surface area contributed by atoms with Crippen molar-refractivity contribution < 1.29 is 19.4 Å². The molecule has 4 nitrogen and oxygen atoms in total. The van der Waals surface area contributed by atoms with Crippen molar-refractivity contribution in [1.82, 2.24) is 0 Å². The lowest BCUT2D eigenvalue weighted by atomic mass is 10.0. The molecule has 0 bridgehead atoms. The van der Waals surface area contributed by atoms with Gasteiger partial charge in [0.1, 0.15) is 6.10 Å². The van der Waals surface area contributed by atoms with E-state index < -0.39 is 5.97 Å². The van der Waals surface area contributed by atoms with Crippen LogP contribution in [0.25, 0.3) is 0 Å². The lowest BCUT2D eigenvalue weighted by molar-refractivity contribution is -0.150. The largest absolute Gasteiger partial charge is 0.481 e. The molecule has 0 rings (SSSR count). The Hall–Kier alpha value is -1.58. The second-order valence-electron chi connectivity index (χ2n) is 13.8. The summed E-state index contributed by atoms with van der Waals surface area (Å²) in [5.41, 5.74) is 0. The summed E-state index contributed by atoms with van der Waals surface area (Å²) in [6.07, 6.45) is 47.7. The zero-order valence-electron chi connectivity index (χ0n) is 30.9. The Bertz CT molecular complexity index is 698. The summed E-state index contributed by atoms with van der Waals surface area (Å²) in [5, 5.41) is 8.76. The van der Waals surface area contributed by atoms with Crippen molar-refractivity contribution in [3.8, 4) is 0 Å². The molecule has 0 spiro atoms. The Balaban J connectivity index is 4.01. The highest BCUT2D eigenvalue weighted by molar-refractivity contribution is 5.69. The highest BCUT2D eigenvalue weighted by Gasteiger charge is 2.14. The number of carboxylic acids is 1. The molecule has 0 saturated carbocycles. The molecule has 0 aliphatic carbocycles. The van der Waals surface area contributed by atoms with E-state index in [2.05, 4.69) is 38.2 Å². The first kappa shape index (κ1) is 44.4. The molecule has 0 aliphatic heterocycles. The van der Waals surface area contributed by atoms with Crippen LogP contribution >= 0.6 is 0 Å². The number of ether oxygens (including phenoxy) is 1. The number of carbonyl (C=O) groups excluding carboxylic acids is 1. The molecule has 0 radical (unpaired) electrons. The van der Waals surface area contributed by atoms with E-state index in [1.54, 1.807) is 0 Å². The van der Waals surface area contributed by atoms with Gasteiger partial charge < -0.3 is 9.84 Å². The summed E-state index contributed by atoms with van der Waals surface area (Å²) < 4.78 is 6.03. The van der Waals surface area contributed by atoms with E-state index in [0.717, 1.165) is 57.8 Å². The van der Waals surface area contributed by atoms with Gasteiger partial charge in [0.25, 0.3) is 0 Å². The van der Waals surface area contributed by atoms with Crippen LogP contribution in [0, 0.1) is 0 Å². The van der Waals surface area contributed by atoms with Crippen LogP contribution in [-0.4, -0.2) is 23.1 Å². The molecule has 46 heavy (non-hydrogen) atoms. The molecule has 0 aliphatic rings. The van der Waals surface area contributed by atoms with Gasteiger partial charge in [-0.15, -0.1) is 0 Å². The maximum Gasteiger partial charge on any atom is 0.306 e. The van der Waals surface area contributed by atoms with E-state index in [1.165, 1.54) is 141 Å². The number of hydrogen-bond donors (Lipinski definition) is 1. The first-order valence-corrected chi connectivity index (χ1v) is 20.3. The Morgan fingerprint density at radius 3 is 1.33 bits per heavy atom. The molecule has 0 aromatic rings. The molecule has 4 heteroatoms. The van der Waals surface area contributed by atoms with Crippen molar-refractivity contribution in [2.24, 2.45) is 0 Å². The van der Waals surface area contributed by atoms with E-state index in [4.69, 9.17) is 9.84 Å². The molecule has 1 N–H and O–H groups in total. The minimum atomic E-state index is -0.686. The molecular weight excluding hydrogens is 568 g/mol. The number of carbonyl (C=O) groups is 2. The number of unbranched alkanes of at least 4 members (excludes halogenated alkanes) is 24. The van der Waals surface area contributed by atoms with Crippen LogP contribution in [0.2, 0.25) is 0 Å². The standard InChI is InChI=1S/C42H78O4/c1-3-5-7-9-11-13-14-15-16-17-18-19-20-22-27-31-35-39-42(45)46-40(36-32-28-24-21-12-10-8-6-4-2)37-33-29-25-23-26-30-34-38-41(43)44/h11,13,15-16,40H,3-10,12,14,17-39H2,1-2H3,(H,43,44)/b13-11-,16-15-. The van der Waals surface area contributed by atoms with Crippen LogP contribution in [0.15, 0.2) is 24.3 Å². The van der Waals surface area contributed by atoms with Crippen LogP contribution in [-0.2, 0) is 14.3 Å². The fraction of sp³-hybridized carbons (Fsp3) is 0.857. The lowest BCUT2D eigenvalue weighted by Gasteiger charge is -2.18. The number of esters is 1. The van der Waals surface area contributed by atoms with E-state index in [0.29, 0.717) is 12.8 Å². The predicted molar refractivity (Wildman–Crippen MR) is 200 cm³/mol. The zero-order chi connectivity index (χ0) is 33.6. The van der Waals surface area contributed by atoms with Crippen LogP contribution in [0.5, 0.6) is 0 Å². The van der Waals surface area contributed by atoms with Gasteiger partial charge in [-0.05, 0) is 70.6 Å². The van der Waals surface area contributed by atoms with Crippen molar-refractivity contribution >= 4 is 11.9 Å². The van der Waals surface area contributed by atoms with E-state index in [9.17, 15) is 9.59 Å². The Morgan fingerprint density at radius 2 is 0.848 bits per heavy atom. The molecule has 0 fully saturated rings. The number of carboxylic acid groups (broad SMARTS) is 1. The van der Waals surface area contributed by atoms with E-state index in [-0.39, 0.29) is 12.1 Å². The molecule has 0 amide bonds. The second kappa shape index (κ2) is 37.9. The third-order valence-electron chi connectivity index (χ3n) is 9.18. The highest BCUT2D eigenvalue weighted by atomic mass is 16.5. The summed E-state index contributed by atoms with van der Waals surface area (Å²) in [6.45, 7) is 4.53. The number of aliphatic carboxylic acids is 1. The minimum absolute atomic E-state index is 0.0157. The van der Waals surface area contributed by atoms with Crippen molar-refractivity contribution in [1.29, 1.82) is 0 Å². The summed E-state index contributed by atoms with van der Waals surface area (Å²) in [4.78, 5) is 23.3. The van der Waals surface area contributed by atoms with E-state index >= 15 is 0 Å². The molecule has 0 aromatic heterocycles. The molecule has 1 atom stereocenters. The Labute approximate surface area is 287 Å². The van der Waals surface area contributed by atoms with Crippen molar-refractivity contribution in [3.05, 3.63) is 24.3 Å². The summed E-state index contributed by atoms with van der Waals surface area (Å²) in [6, 6.07) is 0. The summed E-state index contributed by atoms with van der Waals surface area (Å²) in [7, 11) is 0. The highest BCUT2D eigenvalue weighted by Crippen LogP contribution is 2.19. The number of rotatable bonds is 37. The first-order valence-electron chi connectivity index (χ1n) is 20.3. The van der Waals surface area contributed by atoms with Gasteiger partial charge in [-0.3, -0.25) is 9.59 Å². The van der Waals surface area contributed by atoms with Crippen molar-refractivity contribution in [3.63, 3.8) is 0 Å². The Kier molecular flexibility index (Phi) is 36.6. The van der Waals surface area contributed by atoms with Gasteiger partial charge >= 0.3 is 11.9 Å². The predicted octanol–water partition coefficient (Wildman–Crippen LogP) is 14.0. The van der Waals surface area contributed by atoms with Crippen molar-refractivity contribution in [2.75, 3.05) is 0 Å². The van der Waals surface area contributed by atoms with Crippen LogP contribution in [0.4, 0.5) is 0 Å². The summed E-state index contributed by atoms with van der Waals surface area (Å²) >= 11 is 0. The average Bonchev–Trinajstić information content (AvgIpc) is 3.04. The summed E-state index contributed by atoms with van der Waals surface area (Å²) in [5.74, 6) is -0.670. The maximum atomic E-state index is 12.7. The van der Waals surface area contributed by atoms with Crippen LogP contribution in [0.3, 0.4) is 0 Å². The maximum absolute atomic E-state index is 12.7. The number of allylic oxidation sites excluding steroid dienone is 4. The smallest absolute Gasteiger partial charge is 0.306 e. The topological polar surface area (TPSA) is 63.6 Å². The van der Waals surface area contributed by atoms with Gasteiger partial charge in [0.05, 0.1) is 0 Å². The normalized spacial score (nSPS) is 12.4. The zero-order valence-corrected chi connectivity index (χ0v) is 30.9. The molecular formula is C42H78O4. The minimum Gasteiger partial charge on any atom is -0.481 e. The monoisotopic (exact) mass is 647 g/mol. The molecule has 1 unspecified atom stereocenters. The third kappa shape index (κ3) is 36.9. The van der Waals surface area contributed by atoms with Gasteiger partial charge in [0, 0.05) is 12.8 Å². The first-order chi connectivity index (χ1) is 22.6. The van der Waals surface area contributed by atoms with Crippen LogP contribution < -0.4 is 0 Å². The lowest BCUT2D eigenvalue weighted by Crippen LogP contribution is -2.18. The van der Waals surface area contributed by atoms with Gasteiger partial charge in [-0.25, -0.2) is 0 Å². The molecule has 270 valence electrons. The van der Waals surface area contributed by atoms with Gasteiger partial charge in [0.2, 0.25) is 0 Å². The molecule has 0 aromatic carbocycles. The fourth-order valence-corrected chi connectivity index (χ4v) is 6.16. The SMILES string of the molecule is CCCCC/C=C\C/C=C\CCCCCCCCCC(=O)OC(CCCCCCCCCCC)CCCCCCCCCC(=O)O. The van der Waals surface area contributed by atoms with Gasteiger partial charge in [0.15, 0.2) is 0 Å². The van der Waals surface area contributed by atoms with E-state index in [1.807, 2.05) is 0 Å². The second-order valence-corrected chi connectivity index (χ2v) is 13.8. The fourth-order valence-electron chi connectivity index (χ4n) is 6.16. The quantitative estimate of drug-likeness (QED) is 0.0414. The molecule has 0 heterocycles.